The lowest BCUT2D eigenvalue weighted by atomic mass is 10.0. The highest BCUT2D eigenvalue weighted by molar-refractivity contribution is 8.18. The highest BCUT2D eigenvalue weighted by Crippen LogP contribution is 2.37. The first-order valence-electron chi connectivity index (χ1n) is 12.9. The summed E-state index contributed by atoms with van der Waals surface area (Å²) in [5.41, 5.74) is 4.72. The lowest BCUT2D eigenvalue weighted by Crippen LogP contribution is -2.36. The molecule has 0 aliphatic carbocycles. The van der Waals surface area contributed by atoms with Gasteiger partial charge < -0.3 is 14.8 Å². The standard InChI is InChI=1S/C31H29N3O7S/c1-5-6-23-14-22(15-26(40-4)29(23)41-18-21-8-11-25(12-9-21)34(38)39)16-27-30(36)33(31(37)42-27)17-28(35)32-24-10-7-19(2)20(3)13-24/h5,7-16H,1,6,17-18H2,2-4H3,(H,32,35)/b27-16+. The summed E-state index contributed by atoms with van der Waals surface area (Å²) in [5, 5.41) is 13.1. The van der Waals surface area contributed by atoms with Crippen molar-refractivity contribution in [1.82, 2.24) is 4.90 Å². The van der Waals surface area contributed by atoms with Crippen LogP contribution < -0.4 is 14.8 Å². The van der Waals surface area contributed by atoms with Crippen LogP contribution in [0.5, 0.6) is 11.5 Å². The third kappa shape index (κ3) is 7.05. The van der Waals surface area contributed by atoms with Gasteiger partial charge in [0.2, 0.25) is 5.91 Å². The summed E-state index contributed by atoms with van der Waals surface area (Å²) in [6.45, 7) is 7.43. The lowest BCUT2D eigenvalue weighted by molar-refractivity contribution is -0.384. The second-order valence-electron chi connectivity index (χ2n) is 9.53. The number of ether oxygens (including phenoxy) is 2. The molecule has 0 bridgehead atoms. The van der Waals surface area contributed by atoms with E-state index in [0.717, 1.165) is 38.9 Å². The van der Waals surface area contributed by atoms with Crippen LogP contribution in [0.1, 0.15) is 27.8 Å². The van der Waals surface area contributed by atoms with Crippen molar-refractivity contribution in [3.8, 4) is 11.5 Å². The van der Waals surface area contributed by atoms with Crippen LogP contribution in [0.2, 0.25) is 0 Å². The summed E-state index contributed by atoms with van der Waals surface area (Å²) in [6, 6.07) is 15.0. The van der Waals surface area contributed by atoms with Crippen LogP contribution >= 0.6 is 11.8 Å². The molecule has 216 valence electrons. The highest BCUT2D eigenvalue weighted by atomic mass is 32.2. The maximum atomic E-state index is 13.1. The Bertz CT molecular complexity index is 1600. The molecule has 1 heterocycles. The molecule has 0 spiro atoms. The predicted molar refractivity (Wildman–Crippen MR) is 162 cm³/mol. The number of rotatable bonds is 11. The molecule has 0 aromatic heterocycles. The number of hydrogen-bond acceptors (Lipinski definition) is 8. The Labute approximate surface area is 247 Å². The minimum atomic E-state index is -0.567. The largest absolute Gasteiger partial charge is 0.493 e. The van der Waals surface area contributed by atoms with E-state index in [1.54, 1.807) is 42.5 Å². The Morgan fingerprint density at radius 3 is 2.48 bits per heavy atom. The smallest absolute Gasteiger partial charge is 0.294 e. The second kappa shape index (κ2) is 13.2. The van der Waals surface area contributed by atoms with Crippen molar-refractivity contribution in [2.45, 2.75) is 26.9 Å². The number of thioether (sulfide) groups is 1. The van der Waals surface area contributed by atoms with E-state index in [1.807, 2.05) is 26.0 Å². The number of nitro groups is 1. The molecule has 1 aliphatic rings. The maximum absolute atomic E-state index is 13.1. The van der Waals surface area contributed by atoms with Crippen LogP contribution in [0, 0.1) is 24.0 Å². The van der Waals surface area contributed by atoms with E-state index in [0.29, 0.717) is 29.2 Å². The van der Waals surface area contributed by atoms with Crippen LogP contribution in [0.25, 0.3) is 6.08 Å². The van der Waals surface area contributed by atoms with E-state index >= 15 is 0 Å². The number of non-ortho nitro benzene ring substituents is 1. The molecule has 3 amide bonds. The fourth-order valence-electron chi connectivity index (χ4n) is 4.21. The normalized spacial score (nSPS) is 13.8. The molecule has 10 nitrogen and oxygen atoms in total. The molecule has 0 atom stereocenters. The minimum absolute atomic E-state index is 0.0144. The van der Waals surface area contributed by atoms with Crippen molar-refractivity contribution in [2.24, 2.45) is 0 Å². The third-order valence-corrected chi connectivity index (χ3v) is 7.44. The number of hydrogen-bond donors (Lipinski definition) is 1. The molecule has 3 aromatic rings. The van der Waals surface area contributed by atoms with Crippen molar-refractivity contribution in [3.63, 3.8) is 0 Å². The van der Waals surface area contributed by atoms with Gasteiger partial charge in [0, 0.05) is 23.4 Å². The topological polar surface area (TPSA) is 128 Å². The third-order valence-electron chi connectivity index (χ3n) is 6.53. The van der Waals surface area contributed by atoms with E-state index in [-0.39, 0.29) is 17.2 Å². The summed E-state index contributed by atoms with van der Waals surface area (Å²) in [6.07, 6.45) is 3.69. The van der Waals surface area contributed by atoms with Crippen LogP contribution in [0.3, 0.4) is 0 Å². The SMILES string of the molecule is C=CCc1cc(/C=C2/SC(=O)N(CC(=O)Nc3ccc(C)c(C)c3)C2=O)cc(OC)c1OCc1ccc([N+](=O)[O-])cc1. The van der Waals surface area contributed by atoms with Crippen molar-refractivity contribution in [2.75, 3.05) is 19.0 Å². The van der Waals surface area contributed by atoms with Gasteiger partial charge >= 0.3 is 0 Å². The van der Waals surface area contributed by atoms with E-state index in [2.05, 4.69) is 11.9 Å². The van der Waals surface area contributed by atoms with Gasteiger partial charge in [-0.15, -0.1) is 6.58 Å². The number of allylic oxidation sites excluding steroid dienone is 1. The fraction of sp³-hybridized carbons (Fsp3) is 0.194. The summed E-state index contributed by atoms with van der Waals surface area (Å²) in [4.78, 5) is 49.9. The van der Waals surface area contributed by atoms with Crippen molar-refractivity contribution < 1.29 is 28.8 Å². The zero-order valence-electron chi connectivity index (χ0n) is 23.3. The summed E-state index contributed by atoms with van der Waals surface area (Å²) in [7, 11) is 1.48. The zero-order valence-corrected chi connectivity index (χ0v) is 24.2. The van der Waals surface area contributed by atoms with Crippen molar-refractivity contribution >= 4 is 46.3 Å². The average molecular weight is 588 g/mol. The van der Waals surface area contributed by atoms with Crippen LogP contribution in [-0.2, 0) is 22.6 Å². The molecule has 42 heavy (non-hydrogen) atoms. The van der Waals surface area contributed by atoms with E-state index < -0.39 is 28.5 Å². The van der Waals surface area contributed by atoms with E-state index in [1.165, 1.54) is 19.2 Å². The van der Waals surface area contributed by atoms with Gasteiger partial charge in [-0.05, 0) is 96.8 Å². The number of aryl methyl sites for hydroxylation is 2. The fourth-order valence-corrected chi connectivity index (χ4v) is 5.05. The van der Waals surface area contributed by atoms with Gasteiger partial charge in [0.05, 0.1) is 16.9 Å². The molecule has 0 radical (unpaired) electrons. The van der Waals surface area contributed by atoms with Crippen LogP contribution in [0.4, 0.5) is 16.2 Å². The molecule has 1 saturated heterocycles. The molecule has 4 rings (SSSR count). The molecule has 3 aromatic carbocycles. The van der Waals surface area contributed by atoms with Gasteiger partial charge in [-0.3, -0.25) is 29.4 Å². The summed E-state index contributed by atoms with van der Waals surface area (Å²) >= 11 is 0.755. The second-order valence-corrected chi connectivity index (χ2v) is 10.5. The Morgan fingerprint density at radius 1 is 1.10 bits per heavy atom. The van der Waals surface area contributed by atoms with Crippen LogP contribution in [-0.4, -0.2) is 40.5 Å². The molecular formula is C31H29N3O7S. The Kier molecular flexibility index (Phi) is 9.43. The number of nitrogens with zero attached hydrogens (tertiary/aromatic N) is 2. The molecule has 11 heteroatoms. The molecule has 1 aliphatic heterocycles. The summed E-state index contributed by atoms with van der Waals surface area (Å²) in [5.74, 6) is -0.187. The van der Waals surface area contributed by atoms with Gasteiger partial charge in [0.1, 0.15) is 13.2 Å². The number of benzene rings is 3. The molecule has 1 fully saturated rings. The highest BCUT2D eigenvalue weighted by Gasteiger charge is 2.36. The van der Waals surface area contributed by atoms with Crippen molar-refractivity contribution in [3.05, 3.63) is 110 Å². The zero-order chi connectivity index (χ0) is 30.4. The quantitative estimate of drug-likeness (QED) is 0.122. The summed E-state index contributed by atoms with van der Waals surface area (Å²) < 4.78 is 11.6. The average Bonchev–Trinajstić information content (AvgIpc) is 3.21. The van der Waals surface area contributed by atoms with E-state index in [4.69, 9.17) is 9.47 Å². The molecular weight excluding hydrogens is 558 g/mol. The number of carbonyl (C=O) groups excluding carboxylic acids is 3. The van der Waals surface area contributed by atoms with Gasteiger partial charge in [-0.25, -0.2) is 0 Å². The maximum Gasteiger partial charge on any atom is 0.294 e. The van der Waals surface area contributed by atoms with Gasteiger partial charge in [0.15, 0.2) is 11.5 Å². The van der Waals surface area contributed by atoms with Crippen LogP contribution in [0.15, 0.2) is 72.2 Å². The number of nitro benzene ring substituents is 1. The minimum Gasteiger partial charge on any atom is -0.493 e. The monoisotopic (exact) mass is 587 g/mol. The predicted octanol–water partition coefficient (Wildman–Crippen LogP) is 6.20. The van der Waals surface area contributed by atoms with Gasteiger partial charge in [0.25, 0.3) is 16.8 Å². The number of methoxy groups -OCH3 is 1. The van der Waals surface area contributed by atoms with Crippen molar-refractivity contribution in [1.29, 1.82) is 0 Å². The van der Waals surface area contributed by atoms with Gasteiger partial charge in [-0.1, -0.05) is 12.1 Å². The van der Waals surface area contributed by atoms with E-state index in [9.17, 15) is 24.5 Å². The molecule has 0 saturated carbocycles. The molecule has 1 N–H and O–H groups in total. The first-order valence-corrected chi connectivity index (χ1v) is 13.7. The Balaban J connectivity index is 1.51. The number of nitrogens with one attached hydrogen (secondary N) is 1. The first-order chi connectivity index (χ1) is 20.1. The Hall–Kier alpha value is -4.90. The number of imide groups is 1. The number of amides is 3. The number of anilines is 1. The number of carbonyl (C=O) groups is 3. The first kappa shape index (κ1) is 30.1. The Morgan fingerprint density at radius 2 is 1.83 bits per heavy atom. The van der Waals surface area contributed by atoms with Gasteiger partial charge in [-0.2, -0.15) is 0 Å². The lowest BCUT2D eigenvalue weighted by Gasteiger charge is -2.16. The molecule has 0 unspecified atom stereocenters.